The number of carbonyl (C=O) groups is 2. The number of rotatable bonds is 5. The van der Waals surface area contributed by atoms with Crippen molar-refractivity contribution in [1.29, 1.82) is 0 Å². The molecule has 0 fully saturated rings. The fourth-order valence-corrected chi connectivity index (χ4v) is 1.57. The maximum atomic E-state index is 11.8. The number of nitrogens with zero attached hydrogens (tertiary/aromatic N) is 4. The van der Waals surface area contributed by atoms with Gasteiger partial charge in [0.25, 0.3) is 5.91 Å². The molecule has 0 atom stereocenters. The van der Waals surface area contributed by atoms with Gasteiger partial charge in [-0.3, -0.25) is 9.78 Å². The third-order valence-electron chi connectivity index (χ3n) is 2.52. The summed E-state index contributed by atoms with van der Waals surface area (Å²) in [5, 5.41) is 18.5. The Bertz CT molecular complexity index is 638. The van der Waals surface area contributed by atoms with Crippen molar-refractivity contribution in [1.82, 2.24) is 25.3 Å². The molecule has 0 spiro atoms. The van der Waals surface area contributed by atoms with E-state index < -0.39 is 5.97 Å². The van der Waals surface area contributed by atoms with Gasteiger partial charge in [-0.15, -0.1) is 5.10 Å². The third kappa shape index (κ3) is 3.37. The summed E-state index contributed by atoms with van der Waals surface area (Å²) in [5.41, 5.74) is 1.26. The number of hydrogen-bond acceptors (Lipinski definition) is 5. The van der Waals surface area contributed by atoms with E-state index in [0.29, 0.717) is 18.7 Å². The highest BCUT2D eigenvalue weighted by molar-refractivity contribution is 5.93. The molecule has 0 aliphatic carbocycles. The number of aromatic nitrogens is 4. The van der Waals surface area contributed by atoms with Crippen LogP contribution in [0.15, 0.2) is 24.7 Å². The largest absolute Gasteiger partial charge is 0.476 e. The molecule has 0 aliphatic rings. The molecule has 20 heavy (non-hydrogen) atoms. The Hall–Kier alpha value is -2.77. The lowest BCUT2D eigenvalue weighted by Crippen LogP contribution is -2.27. The van der Waals surface area contributed by atoms with Crippen molar-refractivity contribution < 1.29 is 14.7 Å². The topological polar surface area (TPSA) is 110 Å². The lowest BCUT2D eigenvalue weighted by atomic mass is 10.2. The molecule has 2 N–H and O–H groups in total. The maximum Gasteiger partial charge on any atom is 0.358 e. The van der Waals surface area contributed by atoms with Crippen molar-refractivity contribution in [2.45, 2.75) is 13.5 Å². The molecule has 0 saturated carbocycles. The highest BCUT2D eigenvalue weighted by atomic mass is 16.4. The van der Waals surface area contributed by atoms with E-state index in [1.165, 1.54) is 17.1 Å². The fourth-order valence-electron chi connectivity index (χ4n) is 1.57. The van der Waals surface area contributed by atoms with Crippen LogP contribution >= 0.6 is 0 Å². The molecule has 2 aromatic rings. The van der Waals surface area contributed by atoms with Crippen LogP contribution in [-0.4, -0.2) is 43.5 Å². The van der Waals surface area contributed by atoms with E-state index in [9.17, 15) is 9.59 Å². The lowest BCUT2D eigenvalue weighted by molar-refractivity contribution is 0.0690. The van der Waals surface area contributed by atoms with Crippen molar-refractivity contribution in [2.75, 3.05) is 6.54 Å². The number of carbonyl (C=O) groups excluding carboxylic acids is 1. The van der Waals surface area contributed by atoms with Crippen molar-refractivity contribution in [3.05, 3.63) is 41.5 Å². The molecule has 8 nitrogen and oxygen atoms in total. The molecular formula is C12H13N5O3. The molecule has 2 heterocycles. The van der Waals surface area contributed by atoms with Gasteiger partial charge in [0, 0.05) is 18.9 Å². The quantitative estimate of drug-likeness (QED) is 0.801. The van der Waals surface area contributed by atoms with Crippen LogP contribution in [0.3, 0.4) is 0 Å². The molecule has 1 amide bonds. The number of amides is 1. The van der Waals surface area contributed by atoms with E-state index in [0.717, 1.165) is 5.56 Å². The van der Waals surface area contributed by atoms with Crippen molar-refractivity contribution in [3.8, 4) is 0 Å². The van der Waals surface area contributed by atoms with Gasteiger partial charge in [-0.2, -0.15) is 0 Å². The highest BCUT2D eigenvalue weighted by Crippen LogP contribution is 2.00. The van der Waals surface area contributed by atoms with Gasteiger partial charge in [-0.1, -0.05) is 5.21 Å². The summed E-state index contributed by atoms with van der Waals surface area (Å²) >= 11 is 0. The summed E-state index contributed by atoms with van der Waals surface area (Å²) in [4.78, 5) is 26.4. The Morgan fingerprint density at radius 1 is 1.40 bits per heavy atom. The second-order valence-corrected chi connectivity index (χ2v) is 4.18. The average molecular weight is 275 g/mol. The Kier molecular flexibility index (Phi) is 4.04. The first-order valence-electron chi connectivity index (χ1n) is 5.89. The molecule has 2 aromatic heterocycles. The van der Waals surface area contributed by atoms with E-state index in [4.69, 9.17) is 5.11 Å². The zero-order valence-electron chi connectivity index (χ0n) is 10.8. The normalized spacial score (nSPS) is 10.2. The van der Waals surface area contributed by atoms with Crippen LogP contribution in [0.5, 0.6) is 0 Å². The van der Waals surface area contributed by atoms with Crippen LogP contribution in [0.2, 0.25) is 0 Å². The molecule has 0 unspecified atom stereocenters. The second kappa shape index (κ2) is 5.91. The van der Waals surface area contributed by atoms with Crippen LogP contribution in [0, 0.1) is 6.92 Å². The van der Waals surface area contributed by atoms with Crippen molar-refractivity contribution >= 4 is 11.9 Å². The van der Waals surface area contributed by atoms with Crippen LogP contribution in [0.1, 0.15) is 26.4 Å². The van der Waals surface area contributed by atoms with Gasteiger partial charge in [0.05, 0.1) is 18.3 Å². The molecule has 0 aliphatic heterocycles. The number of nitrogens with one attached hydrogen (secondary N) is 1. The summed E-state index contributed by atoms with van der Waals surface area (Å²) in [6.45, 7) is 2.51. The Labute approximate surface area is 114 Å². The van der Waals surface area contributed by atoms with Gasteiger partial charge in [0.1, 0.15) is 0 Å². The molecular weight excluding hydrogens is 262 g/mol. The number of aryl methyl sites for hydroxylation is 1. The first kappa shape index (κ1) is 13.7. The number of carboxylic acid groups (broad SMARTS) is 1. The second-order valence-electron chi connectivity index (χ2n) is 4.18. The van der Waals surface area contributed by atoms with E-state index in [1.54, 1.807) is 12.3 Å². The van der Waals surface area contributed by atoms with Gasteiger partial charge >= 0.3 is 5.97 Å². The molecule has 0 radical (unpaired) electrons. The van der Waals surface area contributed by atoms with Gasteiger partial charge in [0.15, 0.2) is 5.69 Å². The molecule has 0 bridgehead atoms. The highest BCUT2D eigenvalue weighted by Gasteiger charge is 2.09. The number of aromatic carboxylic acids is 1. The first-order valence-corrected chi connectivity index (χ1v) is 5.89. The van der Waals surface area contributed by atoms with Crippen LogP contribution in [0.25, 0.3) is 0 Å². The Morgan fingerprint density at radius 3 is 2.85 bits per heavy atom. The van der Waals surface area contributed by atoms with Crippen LogP contribution in [-0.2, 0) is 6.54 Å². The number of carboxylic acids is 1. The summed E-state index contributed by atoms with van der Waals surface area (Å²) in [5.74, 6) is -1.37. The minimum absolute atomic E-state index is 0.126. The number of hydrogen-bond donors (Lipinski definition) is 2. The minimum atomic E-state index is -1.13. The van der Waals surface area contributed by atoms with Crippen LogP contribution < -0.4 is 5.32 Å². The van der Waals surface area contributed by atoms with Gasteiger partial charge in [0.2, 0.25) is 0 Å². The van der Waals surface area contributed by atoms with E-state index in [-0.39, 0.29) is 11.6 Å². The predicted octanol–water partition coefficient (Wildman–Crippen LogP) is 0.110. The van der Waals surface area contributed by atoms with Crippen molar-refractivity contribution in [2.24, 2.45) is 0 Å². The lowest BCUT2D eigenvalue weighted by Gasteiger charge is -2.05. The SMILES string of the molecule is Cc1cncc(C(=O)NCCn2cc(C(=O)O)nn2)c1. The summed E-state index contributed by atoms with van der Waals surface area (Å²) < 4.78 is 1.36. The van der Waals surface area contributed by atoms with Gasteiger partial charge in [-0.25, -0.2) is 9.48 Å². The monoisotopic (exact) mass is 275 g/mol. The predicted molar refractivity (Wildman–Crippen MR) is 68.3 cm³/mol. The van der Waals surface area contributed by atoms with E-state index >= 15 is 0 Å². The van der Waals surface area contributed by atoms with Gasteiger partial charge in [-0.05, 0) is 18.6 Å². The molecule has 104 valence electrons. The summed E-state index contributed by atoms with van der Waals surface area (Å²) in [6.07, 6.45) is 4.46. The van der Waals surface area contributed by atoms with Crippen molar-refractivity contribution in [3.63, 3.8) is 0 Å². The zero-order valence-corrected chi connectivity index (χ0v) is 10.8. The molecule has 0 saturated heterocycles. The Balaban J connectivity index is 1.86. The molecule has 2 rings (SSSR count). The first-order chi connectivity index (χ1) is 9.56. The van der Waals surface area contributed by atoms with Gasteiger partial charge < -0.3 is 10.4 Å². The summed E-state index contributed by atoms with van der Waals surface area (Å²) in [6, 6.07) is 1.74. The van der Waals surface area contributed by atoms with Crippen LogP contribution in [0.4, 0.5) is 0 Å². The standard InChI is InChI=1S/C12H13N5O3/c1-8-4-9(6-13-5-8)11(18)14-2-3-17-7-10(12(19)20)15-16-17/h4-7H,2-3H2,1H3,(H,14,18)(H,19,20). The maximum absolute atomic E-state index is 11.8. The number of pyridine rings is 1. The third-order valence-corrected chi connectivity index (χ3v) is 2.52. The summed E-state index contributed by atoms with van der Waals surface area (Å²) in [7, 11) is 0. The fraction of sp³-hybridized carbons (Fsp3) is 0.250. The molecule has 0 aromatic carbocycles. The van der Waals surface area contributed by atoms with E-state index in [1.807, 2.05) is 6.92 Å². The molecule has 8 heteroatoms. The minimum Gasteiger partial charge on any atom is -0.476 e. The van der Waals surface area contributed by atoms with E-state index in [2.05, 4.69) is 20.6 Å². The zero-order chi connectivity index (χ0) is 14.5. The average Bonchev–Trinajstić information content (AvgIpc) is 2.87. The smallest absolute Gasteiger partial charge is 0.358 e. The Morgan fingerprint density at radius 2 is 2.20 bits per heavy atom.